The van der Waals surface area contributed by atoms with Gasteiger partial charge in [0.1, 0.15) is 5.58 Å². The van der Waals surface area contributed by atoms with Gasteiger partial charge in [-0.2, -0.15) is 8.42 Å². The Balaban J connectivity index is 1.71. The summed E-state index contributed by atoms with van der Waals surface area (Å²) in [5.41, 5.74) is 2.02. The third-order valence-electron chi connectivity index (χ3n) is 2.58. The molecular formula is C13H16O5S. The molecule has 0 atom stereocenters. The van der Waals surface area contributed by atoms with Crippen LogP contribution in [-0.4, -0.2) is 34.5 Å². The summed E-state index contributed by atoms with van der Waals surface area (Å²) < 4.78 is 36.5. The van der Waals surface area contributed by atoms with Crippen molar-refractivity contribution in [1.29, 1.82) is 0 Å². The van der Waals surface area contributed by atoms with Gasteiger partial charge >= 0.3 is 0 Å². The third-order valence-corrected chi connectivity index (χ3v) is 3.17. The molecule has 0 aliphatic carbocycles. The number of hydrogen-bond acceptors (Lipinski definition) is 5. The van der Waals surface area contributed by atoms with E-state index < -0.39 is 10.1 Å². The molecule has 2 rings (SSSR count). The van der Waals surface area contributed by atoms with Gasteiger partial charge in [0.2, 0.25) is 0 Å². The minimum Gasteiger partial charge on any atom is -0.464 e. The first-order valence-electron chi connectivity index (χ1n) is 5.93. The van der Waals surface area contributed by atoms with E-state index in [0.717, 1.165) is 29.2 Å². The Labute approximate surface area is 112 Å². The number of furan rings is 1. The fourth-order valence-electron chi connectivity index (χ4n) is 1.71. The van der Waals surface area contributed by atoms with Crippen LogP contribution in [0.4, 0.5) is 0 Å². The van der Waals surface area contributed by atoms with Crippen molar-refractivity contribution in [3.05, 3.63) is 36.1 Å². The van der Waals surface area contributed by atoms with Crippen molar-refractivity contribution in [3.63, 3.8) is 0 Å². The van der Waals surface area contributed by atoms with Gasteiger partial charge in [0.25, 0.3) is 10.1 Å². The Bertz CT molecular complexity index is 629. The minimum atomic E-state index is -3.37. The van der Waals surface area contributed by atoms with Crippen LogP contribution < -0.4 is 0 Å². The van der Waals surface area contributed by atoms with Crippen LogP contribution >= 0.6 is 0 Å². The monoisotopic (exact) mass is 284 g/mol. The molecule has 1 heterocycles. The highest BCUT2D eigenvalue weighted by Crippen LogP contribution is 2.17. The Kier molecular flexibility index (Phi) is 4.57. The molecule has 1 aromatic heterocycles. The molecule has 0 saturated heterocycles. The van der Waals surface area contributed by atoms with Gasteiger partial charge in [-0.15, -0.1) is 0 Å². The Morgan fingerprint density at radius 1 is 1.16 bits per heavy atom. The second kappa shape index (κ2) is 6.18. The molecule has 104 valence electrons. The van der Waals surface area contributed by atoms with Crippen LogP contribution in [0.1, 0.15) is 5.56 Å². The molecule has 0 aliphatic heterocycles. The Morgan fingerprint density at radius 2 is 2.00 bits per heavy atom. The summed E-state index contributed by atoms with van der Waals surface area (Å²) in [7, 11) is -3.37. The number of hydrogen-bond donors (Lipinski definition) is 0. The van der Waals surface area contributed by atoms with E-state index in [1.165, 1.54) is 0 Å². The normalized spacial score (nSPS) is 12.1. The second-order valence-electron chi connectivity index (χ2n) is 4.18. The van der Waals surface area contributed by atoms with Gasteiger partial charge in [-0.05, 0) is 30.2 Å². The molecule has 0 unspecified atom stereocenters. The topological polar surface area (TPSA) is 65.7 Å². The molecule has 0 fully saturated rings. The minimum absolute atomic E-state index is 0.0552. The van der Waals surface area contributed by atoms with Crippen molar-refractivity contribution in [2.24, 2.45) is 0 Å². The van der Waals surface area contributed by atoms with E-state index in [1.54, 1.807) is 6.26 Å². The lowest BCUT2D eigenvalue weighted by molar-refractivity contribution is 0.105. The van der Waals surface area contributed by atoms with Crippen LogP contribution in [-0.2, 0) is 25.5 Å². The maximum absolute atomic E-state index is 10.7. The van der Waals surface area contributed by atoms with Gasteiger partial charge in [-0.1, -0.05) is 6.07 Å². The molecule has 2 aromatic rings. The molecular weight excluding hydrogens is 268 g/mol. The molecule has 0 spiro atoms. The van der Waals surface area contributed by atoms with Crippen LogP contribution in [0.2, 0.25) is 0 Å². The SMILES string of the molecule is CS(=O)(=O)OCCOCCc1ccc2occc2c1. The number of ether oxygens (including phenoxy) is 1. The van der Waals surface area contributed by atoms with Crippen molar-refractivity contribution in [3.8, 4) is 0 Å². The first-order chi connectivity index (χ1) is 9.04. The van der Waals surface area contributed by atoms with Crippen LogP contribution in [0.3, 0.4) is 0 Å². The van der Waals surface area contributed by atoms with Crippen molar-refractivity contribution < 1.29 is 21.8 Å². The highest BCUT2D eigenvalue weighted by Gasteiger charge is 2.01. The number of benzene rings is 1. The Morgan fingerprint density at radius 3 is 2.79 bits per heavy atom. The molecule has 0 amide bonds. The maximum Gasteiger partial charge on any atom is 0.264 e. The lowest BCUT2D eigenvalue weighted by atomic mass is 10.1. The van der Waals surface area contributed by atoms with Gasteiger partial charge in [-0.25, -0.2) is 0 Å². The van der Waals surface area contributed by atoms with Gasteiger partial charge in [0, 0.05) is 5.39 Å². The summed E-state index contributed by atoms with van der Waals surface area (Å²) >= 11 is 0. The highest BCUT2D eigenvalue weighted by molar-refractivity contribution is 7.85. The summed E-state index contributed by atoms with van der Waals surface area (Å²) in [5, 5.41) is 1.07. The lowest BCUT2D eigenvalue weighted by Gasteiger charge is -2.04. The van der Waals surface area contributed by atoms with E-state index in [-0.39, 0.29) is 13.2 Å². The molecule has 0 bridgehead atoms. The van der Waals surface area contributed by atoms with E-state index in [0.29, 0.717) is 6.61 Å². The van der Waals surface area contributed by atoms with Crippen LogP contribution in [0.5, 0.6) is 0 Å². The molecule has 0 aliphatic rings. The van der Waals surface area contributed by atoms with Gasteiger partial charge in [0.15, 0.2) is 0 Å². The molecule has 19 heavy (non-hydrogen) atoms. The van der Waals surface area contributed by atoms with Gasteiger partial charge in [0.05, 0.1) is 32.3 Å². The molecule has 1 aromatic carbocycles. The summed E-state index contributed by atoms with van der Waals surface area (Å²) in [6.45, 7) is 0.844. The van der Waals surface area contributed by atoms with E-state index >= 15 is 0 Å². The molecule has 5 nitrogen and oxygen atoms in total. The zero-order chi connectivity index (χ0) is 13.7. The van der Waals surface area contributed by atoms with Gasteiger partial charge < -0.3 is 9.15 Å². The van der Waals surface area contributed by atoms with Crippen LogP contribution in [0.15, 0.2) is 34.9 Å². The quantitative estimate of drug-likeness (QED) is 0.574. The fraction of sp³-hybridized carbons (Fsp3) is 0.385. The third kappa shape index (κ3) is 4.66. The highest BCUT2D eigenvalue weighted by atomic mass is 32.2. The van der Waals surface area contributed by atoms with E-state index in [9.17, 15) is 8.42 Å². The second-order valence-corrected chi connectivity index (χ2v) is 5.83. The van der Waals surface area contributed by atoms with Crippen molar-refractivity contribution in [2.75, 3.05) is 26.1 Å². The summed E-state index contributed by atoms with van der Waals surface area (Å²) in [5.74, 6) is 0. The smallest absolute Gasteiger partial charge is 0.264 e. The van der Waals surface area contributed by atoms with E-state index in [1.807, 2.05) is 18.2 Å². The van der Waals surface area contributed by atoms with Crippen molar-refractivity contribution >= 4 is 21.1 Å². The summed E-state index contributed by atoms with van der Waals surface area (Å²) in [4.78, 5) is 0. The Hall–Kier alpha value is -1.37. The first kappa shape index (κ1) is 14.0. The summed E-state index contributed by atoms with van der Waals surface area (Å²) in [6, 6.07) is 7.88. The predicted octanol–water partition coefficient (Wildman–Crippen LogP) is 1.97. The standard InChI is InChI=1S/C13H16O5S/c1-19(14,15)18-9-8-16-6-4-11-2-3-13-12(10-11)5-7-17-13/h2-3,5,7,10H,4,6,8-9H2,1H3. The van der Waals surface area contributed by atoms with Crippen LogP contribution in [0.25, 0.3) is 11.0 Å². The zero-order valence-electron chi connectivity index (χ0n) is 10.7. The molecule has 0 radical (unpaired) electrons. The number of rotatable bonds is 7. The van der Waals surface area contributed by atoms with Gasteiger partial charge in [-0.3, -0.25) is 4.18 Å². The molecule has 0 saturated carbocycles. The fourth-order valence-corrected chi connectivity index (χ4v) is 2.08. The molecule has 6 heteroatoms. The van der Waals surface area contributed by atoms with Crippen molar-refractivity contribution in [2.45, 2.75) is 6.42 Å². The molecule has 0 N–H and O–H groups in total. The van der Waals surface area contributed by atoms with E-state index in [4.69, 9.17) is 9.15 Å². The van der Waals surface area contributed by atoms with Crippen molar-refractivity contribution in [1.82, 2.24) is 0 Å². The summed E-state index contributed by atoms with van der Waals surface area (Å²) in [6.07, 6.45) is 3.45. The van der Waals surface area contributed by atoms with Crippen LogP contribution in [0, 0.1) is 0 Å². The lowest BCUT2D eigenvalue weighted by Crippen LogP contribution is -2.10. The average Bonchev–Trinajstić information content (AvgIpc) is 2.79. The first-order valence-corrected chi connectivity index (χ1v) is 7.74. The average molecular weight is 284 g/mol. The maximum atomic E-state index is 10.7. The predicted molar refractivity (Wildman–Crippen MR) is 71.5 cm³/mol. The largest absolute Gasteiger partial charge is 0.464 e. The number of fused-ring (bicyclic) bond motifs is 1. The zero-order valence-corrected chi connectivity index (χ0v) is 11.5. The van der Waals surface area contributed by atoms with E-state index in [2.05, 4.69) is 10.2 Å².